The van der Waals surface area contributed by atoms with Crippen LogP contribution in [-0.2, 0) is 23.8 Å². The van der Waals surface area contributed by atoms with Crippen molar-refractivity contribution in [2.75, 3.05) is 6.61 Å². The van der Waals surface area contributed by atoms with Crippen molar-refractivity contribution in [2.45, 2.75) is 114 Å². The van der Waals surface area contributed by atoms with Gasteiger partial charge in [0.25, 0.3) is 0 Å². The van der Waals surface area contributed by atoms with Crippen LogP contribution in [0.2, 0.25) is 0 Å². The molecule has 9 heteroatoms. The minimum absolute atomic E-state index is 0.0322. The van der Waals surface area contributed by atoms with Crippen molar-refractivity contribution < 1.29 is 44.2 Å². The zero-order valence-corrected chi connectivity index (χ0v) is 22.3. The van der Waals surface area contributed by atoms with Gasteiger partial charge in [-0.05, 0) is 94.0 Å². The second kappa shape index (κ2) is 9.35. The summed E-state index contributed by atoms with van der Waals surface area (Å²) in [5.41, 5.74) is -0.739. The molecule has 1 saturated heterocycles. The number of cyclic esters (lactones) is 1. The monoisotopic (exact) mass is 534 g/mol. The van der Waals surface area contributed by atoms with Gasteiger partial charge in [0.05, 0.1) is 17.8 Å². The molecule has 0 bridgehead atoms. The lowest BCUT2D eigenvalue weighted by Crippen LogP contribution is -2.63. The Labute approximate surface area is 223 Å². The molecule has 6 rings (SSSR count). The van der Waals surface area contributed by atoms with Crippen molar-refractivity contribution in [2.24, 2.45) is 34.5 Å². The Morgan fingerprint density at radius 3 is 2.50 bits per heavy atom. The second-order valence-electron chi connectivity index (χ2n) is 13.2. The Balaban J connectivity index is 1.19. The van der Waals surface area contributed by atoms with Crippen LogP contribution in [0, 0.1) is 34.5 Å². The maximum Gasteiger partial charge on any atom is 0.331 e. The van der Waals surface area contributed by atoms with Crippen LogP contribution in [-0.4, -0.2) is 81.7 Å². The molecule has 0 amide bonds. The molecule has 2 aliphatic heterocycles. The van der Waals surface area contributed by atoms with Gasteiger partial charge < -0.3 is 39.4 Å². The topological polar surface area (TPSA) is 143 Å². The van der Waals surface area contributed by atoms with Gasteiger partial charge in [-0.1, -0.05) is 6.92 Å². The second-order valence-corrected chi connectivity index (χ2v) is 13.2. The summed E-state index contributed by atoms with van der Waals surface area (Å²) in [5.74, 6) is 0.0678. The molecular weight excluding hydrogens is 492 g/mol. The molecule has 4 aliphatic carbocycles. The number of aliphatic hydroxyl groups excluding tert-OH is 3. The molecule has 0 unspecified atom stereocenters. The van der Waals surface area contributed by atoms with Gasteiger partial charge in [-0.25, -0.2) is 4.79 Å². The molecule has 6 aliphatic rings. The van der Waals surface area contributed by atoms with Crippen LogP contribution in [0.3, 0.4) is 0 Å². The summed E-state index contributed by atoms with van der Waals surface area (Å²) >= 11 is 0. The number of esters is 1. The van der Waals surface area contributed by atoms with E-state index >= 15 is 0 Å². The van der Waals surface area contributed by atoms with Crippen LogP contribution >= 0.6 is 0 Å². The summed E-state index contributed by atoms with van der Waals surface area (Å²) < 4.78 is 17.0. The van der Waals surface area contributed by atoms with E-state index in [1.54, 1.807) is 13.0 Å². The predicted octanol–water partition coefficient (Wildman–Crippen LogP) is 1.64. The number of aliphatic hydroxyl groups is 4. The highest BCUT2D eigenvalue weighted by molar-refractivity contribution is 5.85. The van der Waals surface area contributed by atoms with Crippen LogP contribution in [0.5, 0.6) is 0 Å². The van der Waals surface area contributed by atoms with Gasteiger partial charge in [-0.3, -0.25) is 0 Å². The molecule has 212 valence electrons. The highest BCUT2D eigenvalue weighted by atomic mass is 16.7. The number of rotatable bonds is 4. The summed E-state index contributed by atoms with van der Waals surface area (Å²) in [4.78, 5) is 24.7. The first-order valence-electron chi connectivity index (χ1n) is 14.4. The maximum atomic E-state index is 12.9. The highest BCUT2D eigenvalue weighted by Crippen LogP contribution is 2.69. The van der Waals surface area contributed by atoms with Crippen LogP contribution in [0.15, 0.2) is 11.6 Å². The fourth-order valence-corrected chi connectivity index (χ4v) is 9.73. The molecule has 5 fully saturated rings. The molecule has 0 spiro atoms. The van der Waals surface area contributed by atoms with Gasteiger partial charge in [-0.15, -0.1) is 0 Å². The summed E-state index contributed by atoms with van der Waals surface area (Å²) in [6, 6.07) is 0. The highest BCUT2D eigenvalue weighted by Gasteiger charge is 2.68. The van der Waals surface area contributed by atoms with Crippen molar-refractivity contribution in [1.82, 2.24) is 0 Å². The molecule has 9 nitrogen and oxygen atoms in total. The van der Waals surface area contributed by atoms with E-state index in [1.807, 2.05) is 0 Å². The Hall–Kier alpha value is -1.36. The van der Waals surface area contributed by atoms with Crippen molar-refractivity contribution in [3.63, 3.8) is 0 Å². The SMILES string of the molecule is C[C@@H]1O[C@H](O[C@H]2CC[C@@]3(C=O)[C@@H](CC[C@@H]4[C@@H]3CC[C@]3(C)[C@H](C5=CC(=O)OC5)CC[C@]43O)C2)[C@H](O)[C@H](O)[C@H]1O. The van der Waals surface area contributed by atoms with Gasteiger partial charge in [-0.2, -0.15) is 0 Å². The summed E-state index contributed by atoms with van der Waals surface area (Å²) in [7, 11) is 0. The standard InChI is InChI=1S/C29H42O9/c1-15-23(32)24(33)25(34)26(37-15)38-18-5-9-28(14-30)17(12-18)3-4-21-20(28)6-8-27(2)19(7-10-29(21,27)35)16-11-22(31)36-13-16/h11,14-15,17-21,23-26,32-35H,3-10,12-13H2,1-2H3/t15-,17-,18-,19-,20-,21+,23-,24+,25+,26+,27+,28+,29-/m0/s1. The third-order valence-corrected chi connectivity index (χ3v) is 11.9. The van der Waals surface area contributed by atoms with Crippen LogP contribution in [0.4, 0.5) is 0 Å². The number of fused-ring (bicyclic) bond motifs is 5. The lowest BCUT2D eigenvalue weighted by molar-refractivity contribution is -0.309. The Bertz CT molecular complexity index is 999. The first-order chi connectivity index (χ1) is 18.0. The molecule has 0 radical (unpaired) electrons. The first kappa shape index (κ1) is 26.8. The number of hydrogen-bond donors (Lipinski definition) is 4. The molecule has 0 aromatic heterocycles. The molecule has 4 N–H and O–H groups in total. The fourth-order valence-electron chi connectivity index (χ4n) is 9.73. The lowest BCUT2D eigenvalue weighted by Gasteiger charge is -2.63. The van der Waals surface area contributed by atoms with E-state index in [0.29, 0.717) is 32.3 Å². The first-order valence-corrected chi connectivity index (χ1v) is 14.4. The lowest BCUT2D eigenvalue weighted by atomic mass is 9.43. The van der Waals surface area contributed by atoms with E-state index in [4.69, 9.17) is 14.2 Å². The number of ether oxygens (including phenoxy) is 3. The van der Waals surface area contributed by atoms with Crippen molar-refractivity contribution in [1.29, 1.82) is 0 Å². The quantitative estimate of drug-likeness (QED) is 0.240. The summed E-state index contributed by atoms with van der Waals surface area (Å²) in [6.07, 6.45) is 3.80. The molecule has 13 atom stereocenters. The number of hydrogen-bond acceptors (Lipinski definition) is 9. The molecule has 4 saturated carbocycles. The number of carbonyl (C=O) groups excluding carboxylic acids is 2. The molecular formula is C29H42O9. The number of carbonyl (C=O) groups is 2. The van der Waals surface area contributed by atoms with Crippen LogP contribution < -0.4 is 0 Å². The van der Waals surface area contributed by atoms with Gasteiger partial charge >= 0.3 is 5.97 Å². The van der Waals surface area contributed by atoms with E-state index in [1.165, 1.54) is 6.29 Å². The largest absolute Gasteiger partial charge is 0.458 e. The third kappa shape index (κ3) is 3.72. The zero-order chi connectivity index (χ0) is 27.0. The Morgan fingerprint density at radius 2 is 1.79 bits per heavy atom. The van der Waals surface area contributed by atoms with Crippen molar-refractivity contribution >= 4 is 12.3 Å². The molecule has 2 heterocycles. The molecule has 0 aromatic rings. The maximum absolute atomic E-state index is 12.9. The van der Waals surface area contributed by atoms with Crippen LogP contribution in [0.1, 0.15) is 71.6 Å². The minimum Gasteiger partial charge on any atom is -0.458 e. The van der Waals surface area contributed by atoms with Gasteiger partial charge in [0.2, 0.25) is 0 Å². The van der Waals surface area contributed by atoms with E-state index in [2.05, 4.69) is 6.92 Å². The zero-order valence-electron chi connectivity index (χ0n) is 22.3. The third-order valence-electron chi connectivity index (χ3n) is 11.9. The van der Waals surface area contributed by atoms with Gasteiger partial charge in [0, 0.05) is 16.9 Å². The van der Waals surface area contributed by atoms with E-state index in [-0.39, 0.29) is 41.2 Å². The van der Waals surface area contributed by atoms with Crippen molar-refractivity contribution in [3.05, 3.63) is 11.6 Å². The van der Waals surface area contributed by atoms with Gasteiger partial charge in [0.15, 0.2) is 6.29 Å². The fraction of sp³-hybridized carbons (Fsp3) is 0.862. The molecule has 38 heavy (non-hydrogen) atoms. The van der Waals surface area contributed by atoms with Crippen LogP contribution in [0.25, 0.3) is 0 Å². The average Bonchev–Trinajstić information content (AvgIpc) is 3.45. The van der Waals surface area contributed by atoms with Gasteiger partial charge in [0.1, 0.15) is 31.2 Å². The Morgan fingerprint density at radius 1 is 1.00 bits per heavy atom. The van der Waals surface area contributed by atoms with E-state index in [9.17, 15) is 30.0 Å². The molecule has 0 aromatic carbocycles. The normalized spacial score (nSPS) is 54.4. The predicted molar refractivity (Wildman–Crippen MR) is 133 cm³/mol. The Kier molecular flexibility index (Phi) is 6.60. The number of aldehydes is 1. The average molecular weight is 535 g/mol. The summed E-state index contributed by atoms with van der Waals surface area (Å²) in [5, 5.41) is 42.9. The smallest absolute Gasteiger partial charge is 0.331 e. The minimum atomic E-state index is -1.34. The van der Waals surface area contributed by atoms with E-state index < -0.39 is 41.7 Å². The summed E-state index contributed by atoms with van der Waals surface area (Å²) in [6.45, 7) is 4.13. The van der Waals surface area contributed by atoms with Crippen molar-refractivity contribution in [3.8, 4) is 0 Å². The van der Waals surface area contributed by atoms with E-state index in [0.717, 1.165) is 37.7 Å².